The number of aryl methyl sites for hydroxylation is 2. The predicted molar refractivity (Wildman–Crippen MR) is 196 cm³/mol. The third kappa shape index (κ3) is 4.49. The first kappa shape index (κ1) is 30.2. The molecule has 0 fully saturated rings. The molecule has 0 saturated heterocycles. The zero-order valence-electron chi connectivity index (χ0n) is 27.1. The van der Waals surface area contributed by atoms with Gasteiger partial charge in [0.2, 0.25) is 0 Å². The monoisotopic (exact) mass is 824 g/mol. The molecule has 0 aliphatic rings. The molecule has 0 spiro atoms. The molecule has 5 aromatic heterocycles. The van der Waals surface area contributed by atoms with Crippen LogP contribution >= 0.6 is 0 Å². The molecule has 0 unspecified atom stereocenters. The fourth-order valence-corrected chi connectivity index (χ4v) is 7.19. The van der Waals surface area contributed by atoms with Crippen LogP contribution in [0.1, 0.15) is 11.4 Å². The van der Waals surface area contributed by atoms with Crippen molar-refractivity contribution in [2.24, 2.45) is 0 Å². The average molecular weight is 825 g/mol. The summed E-state index contributed by atoms with van der Waals surface area (Å²) in [6, 6.07) is 48.7. The van der Waals surface area contributed by atoms with E-state index in [9.17, 15) is 0 Å². The van der Waals surface area contributed by atoms with E-state index in [4.69, 9.17) is 19.7 Å². The molecular formula is C43H27N5OPt. The summed E-state index contributed by atoms with van der Waals surface area (Å²) in [6.45, 7) is 4.10. The van der Waals surface area contributed by atoms with Gasteiger partial charge in [-0.25, -0.2) is 4.98 Å². The summed E-state index contributed by atoms with van der Waals surface area (Å²) < 4.78 is 10.9. The van der Waals surface area contributed by atoms with Crippen LogP contribution in [-0.2, 0) is 21.1 Å². The van der Waals surface area contributed by atoms with Crippen molar-refractivity contribution in [3.05, 3.63) is 151 Å². The van der Waals surface area contributed by atoms with Crippen molar-refractivity contribution in [3.8, 4) is 34.0 Å². The maximum absolute atomic E-state index is 6.56. The molecule has 0 aliphatic heterocycles. The number of fused-ring (bicyclic) bond motifs is 12. The van der Waals surface area contributed by atoms with E-state index in [1.807, 2.05) is 43.5 Å². The van der Waals surface area contributed by atoms with Crippen molar-refractivity contribution < 1.29 is 25.8 Å². The maximum atomic E-state index is 6.56. The Morgan fingerprint density at radius 1 is 0.540 bits per heavy atom. The Balaban J connectivity index is 0.00000336. The van der Waals surface area contributed by atoms with Gasteiger partial charge >= 0.3 is 21.1 Å². The topological polar surface area (TPSA) is 56.7 Å². The molecule has 0 N–H and O–H groups in total. The standard InChI is InChI=1S/C43H27N5O.Pt/c1-26-27(2)47-41-35(17-11-23-44-41)33-22-20-31(25-37(33)42(47)45-26)49-30-19-21-32-34-16-9-10-18-38(34)48-40(29-14-7-4-8-15-29)39(28-12-5-3-6-13-28)46-43(48)36(32)24-30;/h3-23H,1-2H3;/q-2;+2. The molecule has 0 saturated carbocycles. The number of nitrogens with zero attached hydrogens (tertiary/aromatic N) is 5. The molecule has 50 heavy (non-hydrogen) atoms. The second kappa shape index (κ2) is 11.6. The molecule has 10 rings (SSSR count). The normalized spacial score (nSPS) is 11.6. The molecular weight excluding hydrogens is 798 g/mol. The van der Waals surface area contributed by atoms with Crippen LogP contribution in [0.2, 0.25) is 0 Å². The van der Waals surface area contributed by atoms with E-state index >= 15 is 0 Å². The second-order valence-electron chi connectivity index (χ2n) is 12.4. The Kier molecular flexibility index (Phi) is 7.04. The number of para-hydroxylation sites is 1. The Morgan fingerprint density at radius 3 is 1.86 bits per heavy atom. The van der Waals surface area contributed by atoms with E-state index in [0.717, 1.165) is 88.7 Å². The molecule has 5 heterocycles. The predicted octanol–water partition coefficient (Wildman–Crippen LogP) is 10.3. The molecule has 0 amide bonds. The maximum Gasteiger partial charge on any atom is 2.00 e. The van der Waals surface area contributed by atoms with Gasteiger partial charge in [0.15, 0.2) is 0 Å². The first-order valence-corrected chi connectivity index (χ1v) is 16.3. The number of hydrogen-bond donors (Lipinski definition) is 0. The molecule has 5 aromatic carbocycles. The Bertz CT molecular complexity index is 2930. The van der Waals surface area contributed by atoms with Crippen LogP contribution in [0.3, 0.4) is 0 Å². The molecule has 7 heteroatoms. The van der Waals surface area contributed by atoms with Crippen LogP contribution in [-0.4, -0.2) is 23.8 Å². The van der Waals surface area contributed by atoms with Gasteiger partial charge in [0.25, 0.3) is 0 Å². The molecule has 0 bridgehead atoms. The van der Waals surface area contributed by atoms with Crippen molar-refractivity contribution in [1.29, 1.82) is 0 Å². The fourth-order valence-electron chi connectivity index (χ4n) is 7.19. The van der Waals surface area contributed by atoms with Crippen molar-refractivity contribution in [3.63, 3.8) is 0 Å². The largest absolute Gasteiger partial charge is 2.00 e. The summed E-state index contributed by atoms with van der Waals surface area (Å²) in [7, 11) is 0. The van der Waals surface area contributed by atoms with Gasteiger partial charge in [-0.05, 0) is 42.3 Å². The molecule has 10 aromatic rings. The average Bonchev–Trinajstić information content (AvgIpc) is 3.71. The van der Waals surface area contributed by atoms with Crippen molar-refractivity contribution in [1.82, 2.24) is 23.8 Å². The van der Waals surface area contributed by atoms with Gasteiger partial charge in [0.05, 0.1) is 22.7 Å². The van der Waals surface area contributed by atoms with Crippen LogP contribution in [0.5, 0.6) is 11.5 Å². The van der Waals surface area contributed by atoms with Gasteiger partial charge in [-0.2, -0.15) is 0 Å². The zero-order chi connectivity index (χ0) is 32.6. The fraction of sp³-hybridized carbons (Fsp3) is 0.0465. The van der Waals surface area contributed by atoms with E-state index in [1.54, 1.807) is 0 Å². The Hall–Kier alpha value is -5.84. The summed E-state index contributed by atoms with van der Waals surface area (Å²) in [5, 5.41) is 6.02. The number of benzene rings is 5. The second-order valence-corrected chi connectivity index (χ2v) is 12.4. The number of ether oxygens (including phenoxy) is 1. The van der Waals surface area contributed by atoms with Gasteiger partial charge in [0.1, 0.15) is 5.65 Å². The Labute approximate surface area is 301 Å². The number of aromatic nitrogens is 5. The summed E-state index contributed by atoms with van der Waals surface area (Å²) in [6.07, 6.45) is 1.82. The summed E-state index contributed by atoms with van der Waals surface area (Å²) in [5.74, 6) is 1.17. The summed E-state index contributed by atoms with van der Waals surface area (Å²) >= 11 is 0. The van der Waals surface area contributed by atoms with E-state index in [1.165, 1.54) is 0 Å². The summed E-state index contributed by atoms with van der Waals surface area (Å²) in [5.41, 5.74) is 9.73. The van der Waals surface area contributed by atoms with Crippen molar-refractivity contribution in [2.75, 3.05) is 0 Å². The van der Waals surface area contributed by atoms with Gasteiger partial charge in [-0.15, -0.1) is 12.1 Å². The van der Waals surface area contributed by atoms with Gasteiger partial charge in [0, 0.05) is 40.2 Å². The zero-order valence-corrected chi connectivity index (χ0v) is 29.4. The smallest absolute Gasteiger partial charge is 0.497 e. The number of imidazole rings is 2. The molecule has 240 valence electrons. The quantitative estimate of drug-likeness (QED) is 0.131. The minimum Gasteiger partial charge on any atom is -0.497 e. The minimum absolute atomic E-state index is 0. The number of pyridine rings is 3. The van der Waals surface area contributed by atoms with Crippen LogP contribution < -0.4 is 4.74 Å². The number of rotatable bonds is 4. The van der Waals surface area contributed by atoms with Crippen LogP contribution in [0.4, 0.5) is 0 Å². The Morgan fingerprint density at radius 2 is 1.14 bits per heavy atom. The van der Waals surface area contributed by atoms with E-state index in [0.29, 0.717) is 11.5 Å². The van der Waals surface area contributed by atoms with E-state index < -0.39 is 0 Å². The summed E-state index contributed by atoms with van der Waals surface area (Å²) in [4.78, 5) is 15.0. The first-order valence-electron chi connectivity index (χ1n) is 16.3. The van der Waals surface area contributed by atoms with Crippen molar-refractivity contribution in [2.45, 2.75) is 13.8 Å². The molecule has 0 atom stereocenters. The van der Waals surface area contributed by atoms with Crippen LogP contribution in [0.15, 0.2) is 128 Å². The van der Waals surface area contributed by atoms with E-state index in [2.05, 4.69) is 119 Å². The molecule has 6 nitrogen and oxygen atoms in total. The van der Waals surface area contributed by atoms with Gasteiger partial charge in [-0.3, -0.25) is 9.97 Å². The van der Waals surface area contributed by atoms with Crippen LogP contribution in [0, 0.1) is 26.0 Å². The molecule has 0 radical (unpaired) electrons. The van der Waals surface area contributed by atoms with Crippen molar-refractivity contribution >= 4 is 54.8 Å². The van der Waals surface area contributed by atoms with Crippen LogP contribution in [0.25, 0.3) is 77.3 Å². The first-order chi connectivity index (χ1) is 24.1. The van der Waals surface area contributed by atoms with Gasteiger partial charge < -0.3 is 13.5 Å². The minimum atomic E-state index is 0. The van der Waals surface area contributed by atoms with Gasteiger partial charge in [-0.1, -0.05) is 131 Å². The molecule has 0 aliphatic carbocycles. The third-order valence-electron chi connectivity index (χ3n) is 9.55. The SMILES string of the molecule is Cc1nc2c3[c-]c(Oc4[c-]c5c(cc4)c4ccccc4n4c(-c6ccccc6)c(-c6ccccc6)nc54)ccc3c3cccnc3n2c1C.[Pt+2]. The third-order valence-corrected chi connectivity index (χ3v) is 9.55. The number of hydrogen-bond acceptors (Lipinski definition) is 4. The van der Waals surface area contributed by atoms with E-state index in [-0.39, 0.29) is 21.1 Å².